The summed E-state index contributed by atoms with van der Waals surface area (Å²) in [6.07, 6.45) is -0.540. The minimum absolute atomic E-state index is 0.377. The van der Waals surface area contributed by atoms with Gasteiger partial charge in [-0.15, -0.1) is 0 Å². The average molecular weight is 355 g/mol. The number of ether oxygens (including phenoxy) is 2. The van der Waals surface area contributed by atoms with Crippen LogP contribution in [0.2, 0.25) is 0 Å². The second kappa shape index (κ2) is 6.49. The van der Waals surface area contributed by atoms with E-state index in [1.165, 1.54) is 0 Å². The van der Waals surface area contributed by atoms with Crippen LogP contribution in [0.5, 0.6) is 11.5 Å². The zero-order valence-corrected chi connectivity index (χ0v) is 14.1. The second-order valence-corrected chi connectivity index (χ2v) is 5.64. The summed E-state index contributed by atoms with van der Waals surface area (Å²) in [4.78, 5) is 0. The van der Waals surface area contributed by atoms with Crippen LogP contribution >= 0.6 is 15.9 Å². The highest BCUT2D eigenvalue weighted by atomic mass is 79.9. The molecule has 0 radical (unpaired) electrons. The molecule has 21 heavy (non-hydrogen) atoms. The Balaban J connectivity index is 2.20. The van der Waals surface area contributed by atoms with Crippen molar-refractivity contribution in [3.8, 4) is 11.5 Å². The molecule has 0 fully saturated rings. The molecule has 1 N–H and O–H groups in total. The Morgan fingerprint density at radius 3 is 2.62 bits per heavy atom. The molecule has 1 heterocycles. The first-order valence-corrected chi connectivity index (χ1v) is 7.40. The Morgan fingerprint density at radius 2 is 2.10 bits per heavy atom. The van der Waals surface area contributed by atoms with E-state index in [1.54, 1.807) is 30.8 Å². The van der Waals surface area contributed by atoms with Crippen molar-refractivity contribution in [1.29, 1.82) is 0 Å². The van der Waals surface area contributed by atoms with Gasteiger partial charge >= 0.3 is 0 Å². The van der Waals surface area contributed by atoms with E-state index in [-0.39, 0.29) is 0 Å². The zero-order chi connectivity index (χ0) is 15.6. The lowest BCUT2D eigenvalue weighted by atomic mass is 10.1. The standard InChI is InChI=1S/C15H19BrN2O3/c1-9-15(16)12(18(3)17-9)8-21-13-6-5-11(10(2)19)7-14(13)20-4/h5-7,10,19H,8H2,1-4H3/t10-/m0/s1. The van der Waals surface area contributed by atoms with Gasteiger partial charge in [0.15, 0.2) is 11.5 Å². The Bertz CT molecular complexity index is 638. The largest absolute Gasteiger partial charge is 0.493 e. The molecular formula is C15H19BrN2O3. The number of aliphatic hydroxyl groups excluding tert-OH is 1. The SMILES string of the molecule is COc1cc([C@H](C)O)ccc1OCc1c(Br)c(C)nn1C. The molecule has 6 heteroatoms. The van der Waals surface area contributed by atoms with Crippen molar-refractivity contribution in [1.82, 2.24) is 9.78 Å². The highest BCUT2D eigenvalue weighted by Gasteiger charge is 2.13. The first kappa shape index (κ1) is 15.9. The third-order valence-corrected chi connectivity index (χ3v) is 4.33. The minimum Gasteiger partial charge on any atom is -0.493 e. The van der Waals surface area contributed by atoms with Crippen LogP contribution in [0, 0.1) is 6.92 Å². The lowest BCUT2D eigenvalue weighted by Crippen LogP contribution is -2.05. The maximum Gasteiger partial charge on any atom is 0.161 e. The quantitative estimate of drug-likeness (QED) is 0.895. The number of halogens is 1. The molecule has 5 nitrogen and oxygen atoms in total. The van der Waals surface area contributed by atoms with Gasteiger partial charge < -0.3 is 14.6 Å². The Morgan fingerprint density at radius 1 is 1.38 bits per heavy atom. The summed E-state index contributed by atoms with van der Waals surface area (Å²) < 4.78 is 13.9. The number of rotatable bonds is 5. The highest BCUT2D eigenvalue weighted by Crippen LogP contribution is 2.31. The van der Waals surface area contributed by atoms with Gasteiger partial charge in [-0.3, -0.25) is 4.68 Å². The number of hydrogen-bond acceptors (Lipinski definition) is 4. The minimum atomic E-state index is -0.540. The fourth-order valence-electron chi connectivity index (χ4n) is 2.05. The van der Waals surface area contributed by atoms with E-state index in [0.29, 0.717) is 18.1 Å². The van der Waals surface area contributed by atoms with Gasteiger partial charge in [-0.2, -0.15) is 5.10 Å². The first-order valence-electron chi connectivity index (χ1n) is 6.60. The number of aliphatic hydroxyl groups is 1. The van der Waals surface area contributed by atoms with Crippen LogP contribution in [-0.2, 0) is 13.7 Å². The van der Waals surface area contributed by atoms with Gasteiger partial charge in [0.2, 0.25) is 0 Å². The number of methoxy groups -OCH3 is 1. The molecule has 0 aliphatic rings. The maximum absolute atomic E-state index is 9.60. The van der Waals surface area contributed by atoms with Gasteiger partial charge in [-0.1, -0.05) is 6.07 Å². The second-order valence-electron chi connectivity index (χ2n) is 4.84. The molecule has 0 bridgehead atoms. The number of aryl methyl sites for hydroxylation is 2. The number of hydrogen-bond donors (Lipinski definition) is 1. The first-order chi connectivity index (χ1) is 9.93. The van der Waals surface area contributed by atoms with E-state index in [9.17, 15) is 5.11 Å². The van der Waals surface area contributed by atoms with Crippen LogP contribution in [0.3, 0.4) is 0 Å². The molecule has 0 saturated carbocycles. The maximum atomic E-state index is 9.60. The van der Waals surface area contributed by atoms with Crippen molar-refractivity contribution in [2.45, 2.75) is 26.6 Å². The van der Waals surface area contributed by atoms with E-state index in [4.69, 9.17) is 9.47 Å². The van der Waals surface area contributed by atoms with Crippen LogP contribution < -0.4 is 9.47 Å². The van der Waals surface area contributed by atoms with E-state index in [0.717, 1.165) is 21.4 Å². The molecular weight excluding hydrogens is 336 g/mol. The average Bonchev–Trinajstić information content (AvgIpc) is 2.70. The van der Waals surface area contributed by atoms with Gasteiger partial charge in [0.05, 0.1) is 29.1 Å². The van der Waals surface area contributed by atoms with Gasteiger partial charge in [0.1, 0.15) is 6.61 Å². The van der Waals surface area contributed by atoms with Crippen molar-refractivity contribution in [2.24, 2.45) is 7.05 Å². The molecule has 2 rings (SSSR count). The number of aromatic nitrogens is 2. The molecule has 0 spiro atoms. The van der Waals surface area contributed by atoms with Crippen molar-refractivity contribution < 1.29 is 14.6 Å². The summed E-state index contributed by atoms with van der Waals surface area (Å²) in [6.45, 7) is 4.03. The lowest BCUT2D eigenvalue weighted by Gasteiger charge is -2.13. The molecule has 0 aliphatic carbocycles. The number of benzene rings is 1. The molecule has 2 aromatic rings. The molecule has 0 aliphatic heterocycles. The third-order valence-electron chi connectivity index (χ3n) is 3.30. The monoisotopic (exact) mass is 354 g/mol. The van der Waals surface area contributed by atoms with Crippen molar-refractivity contribution in [2.75, 3.05) is 7.11 Å². The predicted octanol–water partition coefficient (Wildman–Crippen LogP) is 3.13. The van der Waals surface area contributed by atoms with E-state index in [1.807, 2.05) is 20.0 Å². The fourth-order valence-corrected chi connectivity index (χ4v) is 2.50. The van der Waals surface area contributed by atoms with Gasteiger partial charge in [-0.25, -0.2) is 0 Å². The topological polar surface area (TPSA) is 56.5 Å². The van der Waals surface area contributed by atoms with Gasteiger partial charge in [0, 0.05) is 7.05 Å². The van der Waals surface area contributed by atoms with Crippen molar-refractivity contribution in [3.05, 3.63) is 39.6 Å². The highest BCUT2D eigenvalue weighted by molar-refractivity contribution is 9.10. The third kappa shape index (κ3) is 3.39. The summed E-state index contributed by atoms with van der Waals surface area (Å²) in [7, 11) is 3.46. The smallest absolute Gasteiger partial charge is 0.161 e. The predicted molar refractivity (Wildman–Crippen MR) is 83.6 cm³/mol. The molecule has 1 aromatic heterocycles. The Hall–Kier alpha value is -1.53. The molecule has 0 amide bonds. The summed E-state index contributed by atoms with van der Waals surface area (Å²) >= 11 is 3.51. The zero-order valence-electron chi connectivity index (χ0n) is 12.6. The lowest BCUT2D eigenvalue weighted by molar-refractivity contribution is 0.198. The van der Waals surface area contributed by atoms with Crippen LogP contribution in [-0.4, -0.2) is 22.0 Å². The van der Waals surface area contributed by atoms with Crippen LogP contribution in [0.15, 0.2) is 22.7 Å². The summed E-state index contributed by atoms with van der Waals surface area (Å²) in [6, 6.07) is 5.41. The summed E-state index contributed by atoms with van der Waals surface area (Å²) in [5.74, 6) is 1.23. The summed E-state index contributed by atoms with van der Waals surface area (Å²) in [5, 5.41) is 13.9. The van der Waals surface area contributed by atoms with Gasteiger partial charge in [-0.05, 0) is 47.5 Å². The van der Waals surface area contributed by atoms with Crippen LogP contribution in [0.1, 0.15) is 30.0 Å². The van der Waals surface area contributed by atoms with Crippen molar-refractivity contribution >= 4 is 15.9 Å². The molecule has 0 saturated heterocycles. The fraction of sp³-hybridized carbons (Fsp3) is 0.400. The molecule has 1 atom stereocenters. The van der Waals surface area contributed by atoms with E-state index >= 15 is 0 Å². The van der Waals surface area contributed by atoms with Crippen molar-refractivity contribution in [3.63, 3.8) is 0 Å². The Kier molecular flexibility index (Phi) is 4.90. The van der Waals surface area contributed by atoms with Crippen LogP contribution in [0.25, 0.3) is 0 Å². The molecule has 114 valence electrons. The number of nitrogens with zero attached hydrogens (tertiary/aromatic N) is 2. The normalized spacial score (nSPS) is 12.3. The van der Waals surface area contributed by atoms with E-state index < -0.39 is 6.10 Å². The summed E-state index contributed by atoms with van der Waals surface area (Å²) in [5.41, 5.74) is 2.67. The molecule has 0 unspecified atom stereocenters. The van der Waals surface area contributed by atoms with Gasteiger partial charge in [0.25, 0.3) is 0 Å². The molecule has 1 aromatic carbocycles. The van der Waals surface area contributed by atoms with Crippen LogP contribution in [0.4, 0.5) is 0 Å². The Labute approximate surface area is 132 Å². The van der Waals surface area contributed by atoms with E-state index in [2.05, 4.69) is 21.0 Å².